The molecular weight excluding hydrogens is 299 g/mol. The maximum Gasteiger partial charge on any atom is 0.308 e. The van der Waals surface area contributed by atoms with Gasteiger partial charge in [-0.2, -0.15) is 4.31 Å². The van der Waals surface area contributed by atoms with Gasteiger partial charge in [0.2, 0.25) is 10.0 Å². The van der Waals surface area contributed by atoms with E-state index in [-0.39, 0.29) is 30.7 Å². The van der Waals surface area contributed by atoms with Crippen molar-refractivity contribution in [1.82, 2.24) is 4.31 Å². The molecule has 116 valence electrons. The van der Waals surface area contributed by atoms with Crippen molar-refractivity contribution in [3.05, 3.63) is 24.0 Å². The molecule has 1 fully saturated rings. The first kappa shape index (κ1) is 15.7. The smallest absolute Gasteiger partial charge is 0.308 e. The summed E-state index contributed by atoms with van der Waals surface area (Å²) < 4.78 is 44.4. The molecule has 0 aliphatic carbocycles. The van der Waals surface area contributed by atoms with E-state index in [0.717, 1.165) is 12.1 Å². The zero-order valence-electron chi connectivity index (χ0n) is 11.6. The fraction of sp³-hybridized carbons (Fsp3) is 0.462. The molecule has 1 aliphatic rings. The largest absolute Gasteiger partial charge is 0.469 e. The van der Waals surface area contributed by atoms with Crippen molar-refractivity contribution in [1.29, 1.82) is 0 Å². The molecule has 0 unspecified atom stereocenters. The SMILES string of the molecule is COC(=O)C1CCN(S(=O)(=O)c2cc(N)ccc2F)CC1. The molecule has 2 N–H and O–H groups in total. The van der Waals surface area contributed by atoms with Crippen LogP contribution in [0.5, 0.6) is 0 Å². The number of nitrogens with two attached hydrogens (primary N) is 1. The summed E-state index contributed by atoms with van der Waals surface area (Å²) in [5, 5.41) is 0. The lowest BCUT2D eigenvalue weighted by Crippen LogP contribution is -2.40. The second-order valence-corrected chi connectivity index (χ2v) is 6.80. The van der Waals surface area contributed by atoms with Crippen LogP contribution in [0.4, 0.5) is 10.1 Å². The van der Waals surface area contributed by atoms with E-state index in [1.807, 2.05) is 0 Å². The summed E-state index contributed by atoms with van der Waals surface area (Å²) in [7, 11) is -2.65. The minimum Gasteiger partial charge on any atom is -0.469 e. The third kappa shape index (κ3) is 3.16. The zero-order chi connectivity index (χ0) is 15.6. The van der Waals surface area contributed by atoms with Crippen LogP contribution in [-0.4, -0.2) is 38.9 Å². The number of nitrogens with zero attached hydrogens (tertiary/aromatic N) is 1. The van der Waals surface area contributed by atoms with E-state index in [1.54, 1.807) is 0 Å². The lowest BCUT2D eigenvalue weighted by molar-refractivity contribution is -0.146. The number of piperidine rings is 1. The van der Waals surface area contributed by atoms with Gasteiger partial charge in [0.15, 0.2) is 0 Å². The number of carbonyl (C=O) groups is 1. The molecule has 1 aromatic rings. The van der Waals surface area contributed by atoms with Gasteiger partial charge in [0.05, 0.1) is 13.0 Å². The number of methoxy groups -OCH3 is 1. The molecule has 0 saturated carbocycles. The average Bonchev–Trinajstić information content (AvgIpc) is 2.49. The van der Waals surface area contributed by atoms with Crippen LogP contribution in [0, 0.1) is 11.7 Å². The van der Waals surface area contributed by atoms with Gasteiger partial charge in [-0.15, -0.1) is 0 Å². The molecule has 0 aromatic heterocycles. The summed E-state index contributed by atoms with van der Waals surface area (Å²) in [6, 6.07) is 3.44. The zero-order valence-corrected chi connectivity index (χ0v) is 12.4. The summed E-state index contributed by atoms with van der Waals surface area (Å²) in [6.45, 7) is 0.298. The van der Waals surface area contributed by atoms with Gasteiger partial charge in [0.25, 0.3) is 0 Å². The Morgan fingerprint density at radius 3 is 2.57 bits per heavy atom. The Balaban J connectivity index is 2.19. The third-order valence-corrected chi connectivity index (χ3v) is 5.48. The van der Waals surface area contributed by atoms with E-state index in [0.29, 0.717) is 12.8 Å². The Hall–Kier alpha value is -1.67. The monoisotopic (exact) mass is 316 g/mol. The molecule has 8 heteroatoms. The van der Waals surface area contributed by atoms with Crippen LogP contribution in [0.1, 0.15) is 12.8 Å². The second kappa shape index (κ2) is 5.98. The van der Waals surface area contributed by atoms with Crippen LogP contribution < -0.4 is 5.73 Å². The number of hydrogen-bond acceptors (Lipinski definition) is 5. The number of ether oxygens (including phenoxy) is 1. The lowest BCUT2D eigenvalue weighted by atomic mass is 9.99. The van der Waals surface area contributed by atoms with Gasteiger partial charge in [0.1, 0.15) is 10.7 Å². The van der Waals surface area contributed by atoms with Crippen LogP contribution in [0.2, 0.25) is 0 Å². The predicted molar refractivity (Wildman–Crippen MR) is 74.3 cm³/mol. The van der Waals surface area contributed by atoms with Gasteiger partial charge in [-0.25, -0.2) is 12.8 Å². The summed E-state index contributed by atoms with van der Waals surface area (Å²) in [5.74, 6) is -1.49. The topological polar surface area (TPSA) is 89.7 Å². The number of halogens is 1. The van der Waals surface area contributed by atoms with E-state index < -0.39 is 20.7 Å². The Morgan fingerprint density at radius 1 is 1.38 bits per heavy atom. The summed E-state index contributed by atoms with van der Waals surface area (Å²) in [4.78, 5) is 11.0. The van der Waals surface area contributed by atoms with Crippen LogP contribution in [-0.2, 0) is 19.6 Å². The fourth-order valence-electron chi connectivity index (χ4n) is 2.36. The summed E-state index contributed by atoms with van der Waals surface area (Å²) in [6.07, 6.45) is 0.714. The standard InChI is InChI=1S/C13H17FN2O4S/c1-20-13(17)9-4-6-16(7-5-9)21(18,19)12-8-10(15)2-3-11(12)14/h2-3,8-9H,4-7,15H2,1H3. The number of hydrogen-bond donors (Lipinski definition) is 1. The Morgan fingerprint density at radius 2 is 2.00 bits per heavy atom. The number of esters is 1. The van der Waals surface area contributed by atoms with Crippen molar-refractivity contribution in [3.8, 4) is 0 Å². The Labute approximate surface area is 122 Å². The first-order valence-corrected chi connectivity index (χ1v) is 7.93. The normalized spacial score (nSPS) is 17.6. The fourth-order valence-corrected chi connectivity index (χ4v) is 3.92. The Kier molecular flexibility index (Phi) is 4.48. The molecule has 1 aliphatic heterocycles. The molecule has 21 heavy (non-hydrogen) atoms. The molecule has 0 spiro atoms. The molecule has 1 aromatic carbocycles. The maximum absolute atomic E-state index is 13.7. The van der Waals surface area contributed by atoms with Gasteiger partial charge in [-0.05, 0) is 31.0 Å². The third-order valence-electron chi connectivity index (χ3n) is 3.56. The Bertz CT molecular complexity index is 640. The van der Waals surface area contributed by atoms with Crippen molar-refractivity contribution < 1.29 is 22.3 Å². The highest BCUT2D eigenvalue weighted by atomic mass is 32.2. The molecule has 2 rings (SSSR count). The average molecular weight is 316 g/mol. The van der Waals surface area contributed by atoms with Crippen LogP contribution in [0.25, 0.3) is 0 Å². The molecule has 6 nitrogen and oxygen atoms in total. The molecule has 0 atom stereocenters. The minimum absolute atomic E-state index is 0.149. The van der Waals surface area contributed by atoms with Crippen LogP contribution >= 0.6 is 0 Å². The second-order valence-electron chi connectivity index (χ2n) is 4.89. The van der Waals surface area contributed by atoms with Crippen molar-refractivity contribution in [2.75, 3.05) is 25.9 Å². The quantitative estimate of drug-likeness (QED) is 0.663. The number of nitrogen functional groups attached to an aromatic ring is 1. The molecule has 1 heterocycles. The van der Waals surface area contributed by atoms with Gasteiger partial charge in [-0.3, -0.25) is 4.79 Å². The molecule has 1 saturated heterocycles. The number of rotatable bonds is 3. The first-order chi connectivity index (χ1) is 9.86. The number of carbonyl (C=O) groups excluding carboxylic acids is 1. The molecule has 0 amide bonds. The number of anilines is 1. The summed E-state index contributed by atoms with van der Waals surface area (Å²) >= 11 is 0. The summed E-state index contributed by atoms with van der Waals surface area (Å²) in [5.41, 5.74) is 5.70. The highest BCUT2D eigenvalue weighted by Crippen LogP contribution is 2.26. The van der Waals surface area contributed by atoms with E-state index in [9.17, 15) is 17.6 Å². The van der Waals surface area contributed by atoms with Gasteiger partial charge in [-0.1, -0.05) is 0 Å². The van der Waals surface area contributed by atoms with Crippen molar-refractivity contribution >= 4 is 21.7 Å². The number of sulfonamides is 1. The van der Waals surface area contributed by atoms with E-state index in [2.05, 4.69) is 4.74 Å². The molecule has 0 radical (unpaired) electrons. The minimum atomic E-state index is -3.94. The van der Waals surface area contributed by atoms with Crippen molar-refractivity contribution in [3.63, 3.8) is 0 Å². The van der Waals surface area contributed by atoms with Gasteiger partial charge >= 0.3 is 5.97 Å². The van der Waals surface area contributed by atoms with Crippen LogP contribution in [0.15, 0.2) is 23.1 Å². The maximum atomic E-state index is 13.7. The van der Waals surface area contributed by atoms with Crippen LogP contribution in [0.3, 0.4) is 0 Å². The number of benzene rings is 1. The highest BCUT2D eigenvalue weighted by Gasteiger charge is 2.33. The molecular formula is C13H17FN2O4S. The first-order valence-electron chi connectivity index (χ1n) is 6.49. The van der Waals surface area contributed by atoms with E-state index in [4.69, 9.17) is 5.73 Å². The predicted octanol–water partition coefficient (Wildman–Crippen LogP) is 0.982. The van der Waals surface area contributed by atoms with Gasteiger partial charge in [0, 0.05) is 18.8 Å². The highest BCUT2D eigenvalue weighted by molar-refractivity contribution is 7.89. The molecule has 0 bridgehead atoms. The van der Waals surface area contributed by atoms with Gasteiger partial charge < -0.3 is 10.5 Å². The van der Waals surface area contributed by atoms with Crippen molar-refractivity contribution in [2.24, 2.45) is 5.92 Å². The lowest BCUT2D eigenvalue weighted by Gasteiger charge is -2.30. The van der Waals surface area contributed by atoms with E-state index >= 15 is 0 Å². The van der Waals surface area contributed by atoms with E-state index in [1.165, 1.54) is 17.5 Å². The van der Waals surface area contributed by atoms with Crippen molar-refractivity contribution in [2.45, 2.75) is 17.7 Å².